The van der Waals surface area contributed by atoms with Gasteiger partial charge in [-0.2, -0.15) is 4.31 Å². The second-order valence-corrected chi connectivity index (χ2v) is 8.10. The molecule has 0 fully saturated rings. The number of carbonyl (C=O) groups is 1. The molecule has 2 aromatic carbocycles. The molecule has 0 bridgehead atoms. The summed E-state index contributed by atoms with van der Waals surface area (Å²) in [6.45, 7) is 2.01. The molecule has 2 rings (SSSR count). The van der Waals surface area contributed by atoms with Crippen LogP contribution in [0.4, 0.5) is 0 Å². The van der Waals surface area contributed by atoms with E-state index >= 15 is 0 Å². The number of aryl methyl sites for hydroxylation is 1. The molecule has 0 unspecified atom stereocenters. The summed E-state index contributed by atoms with van der Waals surface area (Å²) in [5, 5.41) is 0. The molecule has 0 saturated carbocycles. The highest BCUT2D eigenvalue weighted by Crippen LogP contribution is 2.16. The summed E-state index contributed by atoms with van der Waals surface area (Å²) >= 11 is 0. The second-order valence-electron chi connectivity index (χ2n) is 6.17. The number of hydrogen-bond donors (Lipinski definition) is 0. The molecule has 0 aliphatic rings. The van der Waals surface area contributed by atoms with E-state index in [0.29, 0.717) is 19.3 Å². The lowest BCUT2D eigenvalue weighted by atomic mass is 10.2. The first-order valence-corrected chi connectivity index (χ1v) is 10.5. The van der Waals surface area contributed by atoms with Crippen molar-refractivity contribution in [2.75, 3.05) is 13.1 Å². The number of carbonyl (C=O) groups excluding carboxylic acids is 1. The van der Waals surface area contributed by atoms with Crippen LogP contribution >= 0.6 is 0 Å². The normalized spacial score (nSPS) is 10.5. The van der Waals surface area contributed by atoms with Gasteiger partial charge in [-0.25, -0.2) is 8.42 Å². The summed E-state index contributed by atoms with van der Waals surface area (Å²) in [7, 11) is -3.70. The molecule has 0 radical (unpaired) electrons. The van der Waals surface area contributed by atoms with Crippen LogP contribution in [0, 0.1) is 30.6 Å². The van der Waals surface area contributed by atoms with Gasteiger partial charge in [0, 0.05) is 18.4 Å². The number of unbranched alkanes of at least 4 members (excludes halogenated alkanes) is 2. The van der Waals surface area contributed by atoms with E-state index in [1.807, 2.05) is 37.3 Å². The van der Waals surface area contributed by atoms with Crippen LogP contribution in [0.3, 0.4) is 0 Å². The Labute approximate surface area is 167 Å². The average Bonchev–Trinajstić information content (AvgIpc) is 2.70. The molecule has 2 aromatic rings. The fraction of sp³-hybridized carbons (Fsp3) is 0.261. The lowest BCUT2D eigenvalue weighted by Gasteiger charge is -2.17. The Balaban J connectivity index is 2.18. The van der Waals surface area contributed by atoms with Gasteiger partial charge in [0.25, 0.3) is 0 Å². The fourth-order valence-corrected chi connectivity index (χ4v) is 3.59. The van der Waals surface area contributed by atoms with Gasteiger partial charge >= 0.3 is 0 Å². The Hall–Kier alpha value is -2.86. The third-order valence-corrected chi connectivity index (χ3v) is 5.73. The lowest BCUT2D eigenvalue weighted by molar-refractivity contribution is -0.107. The van der Waals surface area contributed by atoms with Crippen LogP contribution in [-0.4, -0.2) is 32.1 Å². The summed E-state index contributed by atoms with van der Waals surface area (Å²) in [6, 6.07) is 16.2. The van der Waals surface area contributed by atoms with E-state index in [0.717, 1.165) is 17.4 Å². The molecule has 4 nitrogen and oxygen atoms in total. The zero-order valence-corrected chi connectivity index (χ0v) is 16.7. The number of rotatable bonds is 7. The van der Waals surface area contributed by atoms with Crippen molar-refractivity contribution in [1.82, 2.24) is 4.31 Å². The largest absolute Gasteiger partial charge is 0.303 e. The standard InChI is InChI=1S/C23H23NO3S/c1-21-14-16-23(17-15-21)28(26,27)24(18-8-3-2-4-9-20-25)19-10-13-22-11-6-5-7-12-22/h5-7,11-12,14-17,20H,2,4,9,18-19H2,1H3. The first-order chi connectivity index (χ1) is 13.5. The fourth-order valence-electron chi connectivity index (χ4n) is 2.34. The van der Waals surface area contributed by atoms with Crippen LogP contribution in [0.2, 0.25) is 0 Å². The van der Waals surface area contributed by atoms with Gasteiger partial charge in [-0.15, -0.1) is 5.92 Å². The zero-order chi connectivity index (χ0) is 20.2. The van der Waals surface area contributed by atoms with Gasteiger partial charge in [0.05, 0.1) is 18.0 Å². The van der Waals surface area contributed by atoms with Gasteiger partial charge in [0.2, 0.25) is 10.0 Å². The van der Waals surface area contributed by atoms with E-state index in [9.17, 15) is 13.2 Å². The molecule has 5 heteroatoms. The molecule has 28 heavy (non-hydrogen) atoms. The van der Waals surface area contributed by atoms with Crippen LogP contribution < -0.4 is 0 Å². The monoisotopic (exact) mass is 393 g/mol. The van der Waals surface area contributed by atoms with Crippen LogP contribution in [0.1, 0.15) is 30.4 Å². The zero-order valence-electron chi connectivity index (χ0n) is 15.9. The van der Waals surface area contributed by atoms with Crippen molar-refractivity contribution in [3.05, 3.63) is 65.7 Å². The maximum absolute atomic E-state index is 13.0. The molecule has 0 aromatic heterocycles. The summed E-state index contributed by atoms with van der Waals surface area (Å²) in [4.78, 5) is 10.6. The van der Waals surface area contributed by atoms with Crippen LogP contribution in [0.25, 0.3) is 0 Å². The van der Waals surface area contributed by atoms with E-state index in [1.165, 1.54) is 4.31 Å². The predicted octanol–water partition coefficient (Wildman–Crippen LogP) is 3.41. The minimum absolute atomic E-state index is 0.0497. The Morgan fingerprint density at radius 2 is 1.61 bits per heavy atom. The highest BCUT2D eigenvalue weighted by Gasteiger charge is 2.22. The predicted molar refractivity (Wildman–Crippen MR) is 111 cm³/mol. The third kappa shape index (κ3) is 6.70. The molecule has 0 atom stereocenters. The molecule has 0 saturated heterocycles. The van der Waals surface area contributed by atoms with Gasteiger partial charge in [0.1, 0.15) is 6.29 Å². The molecular weight excluding hydrogens is 370 g/mol. The van der Waals surface area contributed by atoms with E-state index < -0.39 is 10.0 Å². The van der Waals surface area contributed by atoms with E-state index in [2.05, 4.69) is 23.7 Å². The van der Waals surface area contributed by atoms with Crippen molar-refractivity contribution in [3.8, 4) is 23.7 Å². The van der Waals surface area contributed by atoms with E-state index in [4.69, 9.17) is 0 Å². The molecule has 0 spiro atoms. The molecule has 144 valence electrons. The molecule has 0 aliphatic carbocycles. The van der Waals surface area contributed by atoms with Gasteiger partial charge in [-0.1, -0.05) is 53.7 Å². The van der Waals surface area contributed by atoms with Crippen molar-refractivity contribution in [3.63, 3.8) is 0 Å². The van der Waals surface area contributed by atoms with Crippen LogP contribution in [0.15, 0.2) is 59.5 Å². The average molecular weight is 394 g/mol. The summed E-state index contributed by atoms with van der Waals surface area (Å²) in [5.41, 5.74) is 1.82. The van der Waals surface area contributed by atoms with Gasteiger partial charge in [0.15, 0.2) is 0 Å². The van der Waals surface area contributed by atoms with Crippen molar-refractivity contribution < 1.29 is 13.2 Å². The minimum atomic E-state index is -3.70. The van der Waals surface area contributed by atoms with Crippen LogP contribution in [-0.2, 0) is 14.8 Å². The molecule has 0 N–H and O–H groups in total. The molecular formula is C23H23NO3S. The Bertz CT molecular complexity index is 989. The smallest absolute Gasteiger partial charge is 0.244 e. The lowest BCUT2D eigenvalue weighted by Crippen LogP contribution is -2.32. The molecule has 0 aliphatic heterocycles. The Morgan fingerprint density at radius 3 is 2.29 bits per heavy atom. The van der Waals surface area contributed by atoms with Crippen molar-refractivity contribution in [2.24, 2.45) is 0 Å². The number of nitrogens with zero attached hydrogens (tertiary/aromatic N) is 1. The van der Waals surface area contributed by atoms with E-state index in [1.54, 1.807) is 24.3 Å². The first-order valence-electron chi connectivity index (χ1n) is 9.04. The maximum atomic E-state index is 13.0. The van der Waals surface area contributed by atoms with Crippen molar-refractivity contribution in [2.45, 2.75) is 31.1 Å². The maximum Gasteiger partial charge on any atom is 0.244 e. The summed E-state index contributed by atoms with van der Waals surface area (Å²) in [5.74, 6) is 11.7. The molecule has 0 amide bonds. The second kappa shape index (κ2) is 11.1. The number of sulfonamides is 1. The summed E-state index contributed by atoms with van der Waals surface area (Å²) in [6.07, 6.45) is 2.56. The molecule has 0 heterocycles. The van der Waals surface area contributed by atoms with Crippen LogP contribution in [0.5, 0.6) is 0 Å². The Kier molecular flexibility index (Phi) is 8.49. The van der Waals surface area contributed by atoms with Gasteiger partial charge < -0.3 is 4.79 Å². The minimum Gasteiger partial charge on any atom is -0.303 e. The first kappa shape index (κ1) is 21.4. The van der Waals surface area contributed by atoms with Crippen molar-refractivity contribution in [1.29, 1.82) is 0 Å². The Morgan fingerprint density at radius 1 is 0.929 bits per heavy atom. The highest BCUT2D eigenvalue weighted by molar-refractivity contribution is 7.89. The number of hydrogen-bond acceptors (Lipinski definition) is 3. The SMILES string of the molecule is Cc1ccc(S(=O)(=O)N(CC#CCCCC=O)CC#Cc2ccccc2)cc1. The van der Waals surface area contributed by atoms with Gasteiger partial charge in [-0.3, -0.25) is 0 Å². The highest BCUT2D eigenvalue weighted by atomic mass is 32.2. The number of aldehydes is 1. The summed E-state index contributed by atoms with van der Waals surface area (Å²) < 4.78 is 27.3. The van der Waals surface area contributed by atoms with Crippen molar-refractivity contribution >= 4 is 16.3 Å². The number of benzene rings is 2. The van der Waals surface area contributed by atoms with E-state index in [-0.39, 0.29) is 18.0 Å². The van der Waals surface area contributed by atoms with Gasteiger partial charge in [-0.05, 0) is 37.6 Å². The topological polar surface area (TPSA) is 54.5 Å². The quantitative estimate of drug-likeness (QED) is 0.412. The third-order valence-electron chi connectivity index (χ3n) is 3.92.